The average Bonchev–Trinajstić information content (AvgIpc) is 3.62. The normalized spacial score (nSPS) is 14.4. The predicted molar refractivity (Wildman–Crippen MR) is 184 cm³/mol. The first-order valence-corrected chi connectivity index (χ1v) is 15.4. The van der Waals surface area contributed by atoms with Gasteiger partial charge in [0.2, 0.25) is 5.95 Å². The smallest absolute Gasteiger partial charge is 0.235 e. The number of nitrogens with zero attached hydrogens (tertiary/aromatic N) is 5. The van der Waals surface area contributed by atoms with E-state index in [1.807, 2.05) is 24.4 Å². The molecule has 1 aliphatic carbocycles. The molecule has 0 bridgehead atoms. The molecule has 1 atom stereocenters. The lowest BCUT2D eigenvalue weighted by Crippen LogP contribution is -2.07. The van der Waals surface area contributed by atoms with Crippen molar-refractivity contribution < 1.29 is 0 Å². The van der Waals surface area contributed by atoms with Crippen LogP contribution in [0, 0.1) is 5.92 Å². The van der Waals surface area contributed by atoms with E-state index in [4.69, 9.17) is 15.0 Å². The maximum Gasteiger partial charge on any atom is 0.235 e. The quantitative estimate of drug-likeness (QED) is 0.209. The highest BCUT2D eigenvalue weighted by Gasteiger charge is 2.26. The average molecular weight is 580 g/mol. The number of pyridine rings is 1. The number of fused-ring (bicyclic) bond motifs is 7. The molecule has 45 heavy (non-hydrogen) atoms. The fraction of sp³-hybridized carbons (Fsp3) is 0.0750. The summed E-state index contributed by atoms with van der Waals surface area (Å²) in [7, 11) is 0. The molecular formula is C40H29N5. The lowest BCUT2D eigenvalue weighted by Gasteiger charge is -2.15. The number of allylic oxidation sites excluding steroid dienone is 1. The van der Waals surface area contributed by atoms with Gasteiger partial charge in [-0.2, -0.15) is 0 Å². The summed E-state index contributed by atoms with van der Waals surface area (Å²) in [6, 6.07) is 42.1. The molecule has 5 heteroatoms. The van der Waals surface area contributed by atoms with Crippen LogP contribution in [-0.2, 0) is 6.42 Å². The van der Waals surface area contributed by atoms with Gasteiger partial charge in [-0.15, -0.1) is 0 Å². The molecule has 9 rings (SSSR count). The molecule has 4 aromatic carbocycles. The molecule has 1 unspecified atom stereocenters. The van der Waals surface area contributed by atoms with Crippen LogP contribution in [0.2, 0.25) is 0 Å². The summed E-state index contributed by atoms with van der Waals surface area (Å²) in [6.45, 7) is 2.28. The zero-order chi connectivity index (χ0) is 29.9. The van der Waals surface area contributed by atoms with Gasteiger partial charge in [0.1, 0.15) is 5.82 Å². The van der Waals surface area contributed by atoms with E-state index in [9.17, 15) is 0 Å². The van der Waals surface area contributed by atoms with Gasteiger partial charge in [0.25, 0.3) is 0 Å². The lowest BCUT2D eigenvalue weighted by atomic mass is 9.93. The van der Waals surface area contributed by atoms with Crippen molar-refractivity contribution in [2.24, 2.45) is 5.92 Å². The molecule has 214 valence electrons. The maximum absolute atomic E-state index is 5.29. The van der Waals surface area contributed by atoms with Crippen molar-refractivity contribution in [3.63, 3.8) is 0 Å². The summed E-state index contributed by atoms with van der Waals surface area (Å²) in [5.74, 6) is 2.00. The van der Waals surface area contributed by atoms with Crippen LogP contribution in [0.25, 0.3) is 73.1 Å². The van der Waals surface area contributed by atoms with Crippen molar-refractivity contribution in [2.45, 2.75) is 13.3 Å². The maximum atomic E-state index is 5.29. The molecule has 0 saturated carbocycles. The second-order valence-corrected chi connectivity index (χ2v) is 11.8. The second-order valence-electron chi connectivity index (χ2n) is 11.8. The monoisotopic (exact) mass is 579 g/mol. The summed E-state index contributed by atoms with van der Waals surface area (Å²) in [6.07, 6.45) is 7.44. The fourth-order valence-electron chi connectivity index (χ4n) is 6.92. The number of rotatable bonds is 4. The van der Waals surface area contributed by atoms with Crippen molar-refractivity contribution in [1.29, 1.82) is 0 Å². The molecule has 0 N–H and O–H groups in total. The highest BCUT2D eigenvalue weighted by atomic mass is 15.2. The molecule has 8 aromatic rings. The molecular weight excluding hydrogens is 550 g/mol. The third-order valence-corrected chi connectivity index (χ3v) is 8.95. The molecule has 4 heterocycles. The van der Waals surface area contributed by atoms with Gasteiger partial charge in [-0.1, -0.05) is 110 Å². The number of hydrogen-bond donors (Lipinski definition) is 0. The number of benzene rings is 4. The molecule has 4 aromatic heterocycles. The van der Waals surface area contributed by atoms with E-state index in [2.05, 4.69) is 131 Å². The second kappa shape index (κ2) is 10.1. The number of para-hydroxylation sites is 1. The summed E-state index contributed by atoms with van der Waals surface area (Å²) >= 11 is 0. The van der Waals surface area contributed by atoms with Gasteiger partial charge in [0, 0.05) is 33.5 Å². The third-order valence-electron chi connectivity index (χ3n) is 8.95. The molecule has 0 fully saturated rings. The Labute approximate surface area is 260 Å². The zero-order valence-electron chi connectivity index (χ0n) is 24.8. The SMILES string of the molecule is CC1C=Cc2c(c3ccc4c5ccccc5n(-c5nc(-c6ccccc6)cc(-c6ccccc6)n5)c4c3n2-c2ccccn2)C1. The van der Waals surface area contributed by atoms with Crippen LogP contribution in [0.5, 0.6) is 0 Å². The van der Waals surface area contributed by atoms with E-state index in [1.54, 1.807) is 0 Å². The van der Waals surface area contributed by atoms with Gasteiger partial charge in [-0.05, 0) is 48.2 Å². The third kappa shape index (κ3) is 4.05. The Morgan fingerprint density at radius 1 is 0.622 bits per heavy atom. The molecule has 0 aliphatic heterocycles. The summed E-state index contributed by atoms with van der Waals surface area (Å²) in [5, 5.41) is 3.57. The number of aromatic nitrogens is 5. The Morgan fingerprint density at radius 2 is 1.27 bits per heavy atom. The highest BCUT2D eigenvalue weighted by molar-refractivity contribution is 6.19. The van der Waals surface area contributed by atoms with Crippen LogP contribution in [-0.4, -0.2) is 24.1 Å². The first kappa shape index (κ1) is 25.7. The molecule has 0 radical (unpaired) electrons. The van der Waals surface area contributed by atoms with Crippen LogP contribution < -0.4 is 0 Å². The minimum Gasteiger partial charge on any atom is -0.292 e. The Balaban J connectivity index is 1.46. The standard InChI is InChI=1S/C40H29N5/c1-26-19-22-36-32(24-26)31-21-20-30-29-16-8-9-17-35(29)45(39(30)38(31)44(36)37-18-10-11-23-41-37)40-42-33(27-12-4-2-5-13-27)25-34(43-40)28-14-6-3-7-15-28/h2-23,25-26H,24H2,1H3. The topological polar surface area (TPSA) is 48.5 Å². The van der Waals surface area contributed by atoms with Gasteiger partial charge in [-0.3, -0.25) is 9.13 Å². The highest BCUT2D eigenvalue weighted by Crippen LogP contribution is 2.42. The van der Waals surface area contributed by atoms with E-state index in [0.29, 0.717) is 11.9 Å². The van der Waals surface area contributed by atoms with E-state index in [1.165, 1.54) is 22.0 Å². The first-order valence-electron chi connectivity index (χ1n) is 15.4. The molecule has 0 spiro atoms. The van der Waals surface area contributed by atoms with Gasteiger partial charge in [-0.25, -0.2) is 15.0 Å². The van der Waals surface area contributed by atoms with Crippen molar-refractivity contribution in [1.82, 2.24) is 24.1 Å². The molecule has 0 amide bonds. The summed E-state index contributed by atoms with van der Waals surface area (Å²) in [5.41, 5.74) is 9.69. The van der Waals surface area contributed by atoms with E-state index >= 15 is 0 Å². The van der Waals surface area contributed by atoms with Gasteiger partial charge in [0.05, 0.1) is 33.6 Å². The van der Waals surface area contributed by atoms with E-state index < -0.39 is 0 Å². The van der Waals surface area contributed by atoms with E-state index in [-0.39, 0.29) is 0 Å². The van der Waals surface area contributed by atoms with Gasteiger partial charge in [0.15, 0.2) is 0 Å². The number of hydrogen-bond acceptors (Lipinski definition) is 3. The first-order chi connectivity index (χ1) is 22.2. The van der Waals surface area contributed by atoms with Crippen LogP contribution in [0.15, 0.2) is 134 Å². The summed E-state index contributed by atoms with van der Waals surface area (Å²) < 4.78 is 4.60. The minimum atomic E-state index is 0.459. The van der Waals surface area contributed by atoms with Crippen LogP contribution >= 0.6 is 0 Å². The Morgan fingerprint density at radius 3 is 1.98 bits per heavy atom. The molecule has 0 saturated heterocycles. The van der Waals surface area contributed by atoms with Crippen LogP contribution in [0.3, 0.4) is 0 Å². The Bertz CT molecular complexity index is 2340. The van der Waals surface area contributed by atoms with Gasteiger partial charge < -0.3 is 0 Å². The fourth-order valence-corrected chi connectivity index (χ4v) is 6.92. The van der Waals surface area contributed by atoms with Gasteiger partial charge >= 0.3 is 0 Å². The Kier molecular flexibility index (Phi) is 5.78. The largest absolute Gasteiger partial charge is 0.292 e. The lowest BCUT2D eigenvalue weighted by molar-refractivity contribution is 0.717. The van der Waals surface area contributed by atoms with E-state index in [0.717, 1.165) is 56.7 Å². The van der Waals surface area contributed by atoms with Crippen molar-refractivity contribution in [2.75, 3.05) is 0 Å². The van der Waals surface area contributed by atoms with Crippen molar-refractivity contribution in [3.05, 3.63) is 145 Å². The van der Waals surface area contributed by atoms with Crippen LogP contribution in [0.4, 0.5) is 0 Å². The van der Waals surface area contributed by atoms with Crippen molar-refractivity contribution >= 4 is 38.8 Å². The van der Waals surface area contributed by atoms with Crippen LogP contribution in [0.1, 0.15) is 18.2 Å². The predicted octanol–water partition coefficient (Wildman–Crippen LogP) is 9.45. The molecule has 1 aliphatic rings. The zero-order valence-corrected chi connectivity index (χ0v) is 24.8. The molecule has 5 nitrogen and oxygen atoms in total. The Hall–Kier alpha value is -5.81. The minimum absolute atomic E-state index is 0.459. The summed E-state index contributed by atoms with van der Waals surface area (Å²) in [4.78, 5) is 15.4. The van der Waals surface area contributed by atoms with Crippen molar-refractivity contribution in [3.8, 4) is 34.3 Å².